The summed E-state index contributed by atoms with van der Waals surface area (Å²) in [5, 5.41) is 9.07. The lowest BCUT2D eigenvalue weighted by molar-refractivity contribution is -0.140. The number of hydrogen-bond donors (Lipinski definition) is 1. The van der Waals surface area contributed by atoms with Gasteiger partial charge in [0.2, 0.25) is 0 Å². The van der Waals surface area contributed by atoms with Gasteiger partial charge in [0.15, 0.2) is 0 Å². The van der Waals surface area contributed by atoms with Gasteiger partial charge in [0.1, 0.15) is 6.04 Å². The molecule has 0 amide bonds. The summed E-state index contributed by atoms with van der Waals surface area (Å²) in [5.74, 6) is -0.579. The molecular weight excluding hydrogens is 256 g/mol. The van der Waals surface area contributed by atoms with Crippen molar-refractivity contribution in [3.8, 4) is 0 Å². The van der Waals surface area contributed by atoms with Gasteiger partial charge in [0, 0.05) is 19.6 Å². The van der Waals surface area contributed by atoms with Crippen molar-refractivity contribution in [2.45, 2.75) is 38.6 Å². The zero-order valence-corrected chi connectivity index (χ0v) is 11.4. The lowest BCUT2D eigenvalue weighted by Gasteiger charge is -2.28. The number of carboxylic acids is 1. The fraction of sp³-hybridized carbons (Fsp3) is 0.909. The van der Waals surface area contributed by atoms with E-state index < -0.39 is 22.2 Å². The molecule has 2 aliphatic rings. The molecule has 1 saturated carbocycles. The summed E-state index contributed by atoms with van der Waals surface area (Å²) in [5.41, 5.74) is 0. The molecular formula is C11H20N2O4S. The molecule has 0 aromatic heterocycles. The summed E-state index contributed by atoms with van der Waals surface area (Å²) in [4.78, 5) is 11.1. The molecule has 2 rings (SSSR count). The van der Waals surface area contributed by atoms with Crippen molar-refractivity contribution in [1.29, 1.82) is 0 Å². The summed E-state index contributed by atoms with van der Waals surface area (Å²) in [6.45, 7) is 3.05. The van der Waals surface area contributed by atoms with Gasteiger partial charge in [0.05, 0.1) is 0 Å². The molecule has 0 spiro atoms. The Morgan fingerprint density at radius 3 is 2.56 bits per heavy atom. The number of nitrogens with zero attached hydrogens (tertiary/aromatic N) is 2. The third-order valence-corrected chi connectivity index (χ3v) is 5.71. The Balaban J connectivity index is 2.14. The molecule has 104 valence electrons. The molecule has 2 fully saturated rings. The van der Waals surface area contributed by atoms with E-state index in [2.05, 4.69) is 0 Å². The third-order valence-electron chi connectivity index (χ3n) is 3.62. The van der Waals surface area contributed by atoms with E-state index >= 15 is 0 Å². The van der Waals surface area contributed by atoms with Crippen LogP contribution in [0.15, 0.2) is 0 Å². The molecule has 18 heavy (non-hydrogen) atoms. The summed E-state index contributed by atoms with van der Waals surface area (Å²) in [6.07, 6.45) is 3.19. The molecule has 7 heteroatoms. The van der Waals surface area contributed by atoms with Crippen LogP contribution in [-0.4, -0.2) is 53.8 Å². The minimum Gasteiger partial charge on any atom is -0.480 e. The molecule has 1 aliphatic heterocycles. The van der Waals surface area contributed by atoms with Crippen LogP contribution in [0, 0.1) is 5.92 Å². The minimum atomic E-state index is -3.61. The van der Waals surface area contributed by atoms with Crippen molar-refractivity contribution in [3.63, 3.8) is 0 Å². The van der Waals surface area contributed by atoms with E-state index in [-0.39, 0.29) is 0 Å². The molecule has 1 atom stereocenters. The Hall–Kier alpha value is -0.660. The van der Waals surface area contributed by atoms with E-state index in [1.807, 2.05) is 0 Å². The van der Waals surface area contributed by atoms with Gasteiger partial charge in [-0.05, 0) is 31.6 Å². The summed E-state index contributed by atoms with van der Waals surface area (Å²) < 4.78 is 27.4. The fourth-order valence-corrected chi connectivity index (χ4v) is 4.29. The minimum absolute atomic E-state index is 0.320. The van der Waals surface area contributed by atoms with Gasteiger partial charge in [-0.15, -0.1) is 0 Å². The van der Waals surface area contributed by atoms with E-state index in [0.29, 0.717) is 38.4 Å². The van der Waals surface area contributed by atoms with Crippen LogP contribution in [0.5, 0.6) is 0 Å². The highest BCUT2D eigenvalue weighted by Crippen LogP contribution is 2.32. The molecule has 1 N–H and O–H groups in total. The highest BCUT2D eigenvalue weighted by Gasteiger charge is 2.42. The number of aliphatic carboxylic acids is 1. The van der Waals surface area contributed by atoms with Crippen molar-refractivity contribution >= 4 is 16.2 Å². The van der Waals surface area contributed by atoms with Crippen LogP contribution in [-0.2, 0) is 15.0 Å². The molecule has 0 aromatic carbocycles. The smallest absolute Gasteiger partial charge is 0.322 e. The maximum Gasteiger partial charge on any atom is 0.322 e. The summed E-state index contributed by atoms with van der Waals surface area (Å²) in [6, 6.07) is -0.886. The van der Waals surface area contributed by atoms with Crippen LogP contribution < -0.4 is 0 Å². The standard InChI is InChI=1S/C11H20N2O4S/c1-2-12(8-9-5-6-9)18(16,17)13-7-3-4-10(13)11(14)15/h9-10H,2-8H2,1H3,(H,14,15). The molecule has 1 aliphatic carbocycles. The van der Waals surface area contributed by atoms with E-state index in [1.165, 1.54) is 4.31 Å². The van der Waals surface area contributed by atoms with E-state index in [9.17, 15) is 13.2 Å². The lowest BCUT2D eigenvalue weighted by atomic mass is 10.2. The quantitative estimate of drug-likeness (QED) is 0.767. The number of hydrogen-bond acceptors (Lipinski definition) is 3. The monoisotopic (exact) mass is 276 g/mol. The molecule has 6 nitrogen and oxygen atoms in total. The molecule has 1 heterocycles. The molecule has 0 aromatic rings. The Morgan fingerprint density at radius 1 is 1.39 bits per heavy atom. The Labute approximate surface area is 108 Å². The first-order chi connectivity index (χ1) is 8.46. The van der Waals surface area contributed by atoms with E-state index in [4.69, 9.17) is 5.11 Å². The van der Waals surface area contributed by atoms with Crippen molar-refractivity contribution in [3.05, 3.63) is 0 Å². The fourth-order valence-electron chi connectivity index (χ4n) is 2.39. The number of rotatable bonds is 6. The topological polar surface area (TPSA) is 77.9 Å². The highest BCUT2D eigenvalue weighted by atomic mass is 32.2. The van der Waals surface area contributed by atoms with Gasteiger partial charge in [-0.25, -0.2) is 0 Å². The van der Waals surface area contributed by atoms with Gasteiger partial charge >= 0.3 is 5.97 Å². The maximum absolute atomic E-state index is 12.4. The second-order valence-electron chi connectivity index (χ2n) is 5.01. The molecule has 1 saturated heterocycles. The van der Waals surface area contributed by atoms with E-state index in [1.54, 1.807) is 6.92 Å². The first-order valence-corrected chi connectivity index (χ1v) is 7.86. The van der Waals surface area contributed by atoms with Crippen LogP contribution in [0.1, 0.15) is 32.6 Å². The second-order valence-corrected chi connectivity index (χ2v) is 6.89. The van der Waals surface area contributed by atoms with Crippen LogP contribution in [0.4, 0.5) is 0 Å². The van der Waals surface area contributed by atoms with Gasteiger partial charge < -0.3 is 5.11 Å². The van der Waals surface area contributed by atoms with E-state index in [0.717, 1.165) is 17.1 Å². The molecule has 0 bridgehead atoms. The van der Waals surface area contributed by atoms with Crippen LogP contribution in [0.2, 0.25) is 0 Å². The van der Waals surface area contributed by atoms with Gasteiger partial charge in [-0.2, -0.15) is 17.0 Å². The first-order valence-electron chi connectivity index (χ1n) is 6.46. The van der Waals surface area contributed by atoms with Crippen molar-refractivity contribution in [2.75, 3.05) is 19.6 Å². The summed E-state index contributed by atoms with van der Waals surface area (Å²) >= 11 is 0. The van der Waals surface area contributed by atoms with Gasteiger partial charge in [-0.3, -0.25) is 4.79 Å². The van der Waals surface area contributed by atoms with Crippen LogP contribution >= 0.6 is 0 Å². The maximum atomic E-state index is 12.4. The van der Waals surface area contributed by atoms with Gasteiger partial charge in [0.25, 0.3) is 10.2 Å². The predicted octanol–water partition coefficient (Wildman–Crippen LogP) is 0.512. The SMILES string of the molecule is CCN(CC1CC1)S(=O)(=O)N1CCCC1C(=O)O. The normalized spacial score (nSPS) is 25.8. The molecule has 1 unspecified atom stereocenters. The Morgan fingerprint density at radius 2 is 2.06 bits per heavy atom. The predicted molar refractivity (Wildman–Crippen MR) is 66.3 cm³/mol. The van der Waals surface area contributed by atoms with Gasteiger partial charge in [-0.1, -0.05) is 6.92 Å². The average molecular weight is 276 g/mol. The number of carbonyl (C=O) groups is 1. The Kier molecular flexibility index (Phi) is 3.93. The van der Waals surface area contributed by atoms with Crippen LogP contribution in [0.25, 0.3) is 0 Å². The zero-order valence-electron chi connectivity index (χ0n) is 10.6. The summed E-state index contributed by atoms with van der Waals surface area (Å²) in [7, 11) is -3.61. The first kappa shape index (κ1) is 13.8. The zero-order chi connectivity index (χ0) is 13.3. The molecule has 0 radical (unpaired) electrons. The highest BCUT2D eigenvalue weighted by molar-refractivity contribution is 7.86. The average Bonchev–Trinajstić information content (AvgIpc) is 2.97. The van der Waals surface area contributed by atoms with Crippen molar-refractivity contribution in [2.24, 2.45) is 5.92 Å². The largest absolute Gasteiger partial charge is 0.480 e. The van der Waals surface area contributed by atoms with Crippen molar-refractivity contribution in [1.82, 2.24) is 8.61 Å². The second kappa shape index (κ2) is 5.14. The lowest BCUT2D eigenvalue weighted by Crippen LogP contribution is -2.48. The number of carboxylic acid groups (broad SMARTS) is 1. The van der Waals surface area contributed by atoms with Crippen LogP contribution in [0.3, 0.4) is 0 Å². The van der Waals surface area contributed by atoms with Crippen molar-refractivity contribution < 1.29 is 18.3 Å². The Bertz CT molecular complexity index is 419. The third kappa shape index (κ3) is 2.67.